The first kappa shape index (κ1) is 27.4. The first-order valence-corrected chi connectivity index (χ1v) is 13.1. The molecule has 0 spiro atoms. The molecule has 0 amide bonds. The van der Waals surface area contributed by atoms with Crippen molar-refractivity contribution in [3.05, 3.63) is 96.8 Å². The Morgan fingerprint density at radius 3 is 2.31 bits per heavy atom. The summed E-state index contributed by atoms with van der Waals surface area (Å²) in [5.74, 6) is 0.542. The quantitative estimate of drug-likeness (QED) is 0.157. The van der Waals surface area contributed by atoms with Gasteiger partial charge in [0.1, 0.15) is 18.2 Å². The molecule has 1 atom stereocenters. The second-order valence-electron chi connectivity index (χ2n) is 9.16. The van der Waals surface area contributed by atoms with Crippen LogP contribution in [0, 0.1) is 5.82 Å². The number of hydrogen-bond donors (Lipinski definition) is 0. The highest BCUT2D eigenvalue weighted by Crippen LogP contribution is 2.29. The first-order chi connectivity index (χ1) is 17.6. The van der Waals surface area contributed by atoms with Crippen molar-refractivity contribution in [1.82, 2.24) is 0 Å². The third kappa shape index (κ3) is 8.80. The molecule has 0 saturated carbocycles. The van der Waals surface area contributed by atoms with Crippen molar-refractivity contribution in [2.45, 2.75) is 58.5 Å². The van der Waals surface area contributed by atoms with Gasteiger partial charge in [0.05, 0.1) is 6.10 Å². The summed E-state index contributed by atoms with van der Waals surface area (Å²) in [6.07, 6.45) is 13.2. The maximum Gasteiger partial charge on any atom is 0.131 e. The Labute approximate surface area is 216 Å². The molecule has 0 heterocycles. The van der Waals surface area contributed by atoms with Crippen LogP contribution in [0.15, 0.2) is 85.5 Å². The summed E-state index contributed by atoms with van der Waals surface area (Å²) in [4.78, 5) is 0. The van der Waals surface area contributed by atoms with Crippen molar-refractivity contribution in [2.24, 2.45) is 0 Å². The minimum absolute atomic E-state index is 0.228. The highest BCUT2D eigenvalue weighted by molar-refractivity contribution is 5.72. The average molecular weight is 487 g/mol. The second kappa shape index (κ2) is 15.1. The molecule has 3 aromatic rings. The van der Waals surface area contributed by atoms with Crippen molar-refractivity contribution < 1.29 is 13.9 Å². The van der Waals surface area contributed by atoms with Gasteiger partial charge in [-0.3, -0.25) is 0 Å². The molecule has 3 rings (SSSR count). The minimum Gasteiger partial charge on any atom is -0.490 e. The Kier molecular flexibility index (Phi) is 11.5. The van der Waals surface area contributed by atoms with E-state index >= 15 is 0 Å². The molecule has 190 valence electrons. The van der Waals surface area contributed by atoms with E-state index in [1.54, 1.807) is 12.1 Å². The van der Waals surface area contributed by atoms with Gasteiger partial charge in [0.2, 0.25) is 0 Å². The fourth-order valence-electron chi connectivity index (χ4n) is 4.06. The highest BCUT2D eigenvalue weighted by Gasteiger charge is 2.08. The minimum atomic E-state index is -0.228. The Morgan fingerprint density at radius 1 is 0.889 bits per heavy atom. The molecular formula is C33H39FO2. The zero-order valence-electron chi connectivity index (χ0n) is 21.7. The molecule has 0 radical (unpaired) electrons. The normalized spacial score (nSPS) is 12.1. The molecule has 0 aromatic heterocycles. The zero-order valence-corrected chi connectivity index (χ0v) is 21.7. The average Bonchev–Trinajstić information content (AvgIpc) is 2.90. The fourth-order valence-corrected chi connectivity index (χ4v) is 4.06. The van der Waals surface area contributed by atoms with Crippen LogP contribution in [0.4, 0.5) is 4.39 Å². The van der Waals surface area contributed by atoms with Crippen LogP contribution in [0.2, 0.25) is 0 Å². The third-order valence-electron chi connectivity index (χ3n) is 6.19. The summed E-state index contributed by atoms with van der Waals surface area (Å²) in [6.45, 7) is 9.36. The summed E-state index contributed by atoms with van der Waals surface area (Å²) < 4.78 is 26.4. The van der Waals surface area contributed by atoms with Crippen molar-refractivity contribution in [3.8, 4) is 28.0 Å². The van der Waals surface area contributed by atoms with Gasteiger partial charge in [0.15, 0.2) is 0 Å². The number of halogens is 1. The highest BCUT2D eigenvalue weighted by atomic mass is 19.1. The number of ether oxygens (including phenoxy) is 2. The number of unbranched alkanes of at least 4 members (excludes halogenated alkanes) is 3. The van der Waals surface area contributed by atoms with E-state index in [0.717, 1.165) is 60.3 Å². The van der Waals surface area contributed by atoms with Crippen LogP contribution in [0.3, 0.4) is 0 Å². The van der Waals surface area contributed by atoms with Crippen LogP contribution >= 0.6 is 0 Å². The Hall–Kier alpha value is -3.17. The standard InChI is InChI=1S/C33H39FO2/c1-4-6-10-24-35-26(3)11-8-7-9-12-27-13-15-29(16-14-27)32-22-19-30(25-33(32)34)28-17-20-31(21-18-28)36-23-5-2/h5,9,12-22,25-26H,2,4,6-8,10-11,23-24H2,1,3H3/b12-9+. The lowest BCUT2D eigenvalue weighted by molar-refractivity contribution is 0.0566. The molecule has 0 saturated heterocycles. The van der Waals surface area contributed by atoms with Crippen molar-refractivity contribution in [2.75, 3.05) is 13.2 Å². The number of benzene rings is 3. The molecular weight excluding hydrogens is 447 g/mol. The molecule has 0 fully saturated rings. The lowest BCUT2D eigenvalue weighted by Gasteiger charge is -2.12. The van der Waals surface area contributed by atoms with E-state index in [4.69, 9.17) is 9.47 Å². The monoisotopic (exact) mass is 486 g/mol. The van der Waals surface area contributed by atoms with Crippen LogP contribution < -0.4 is 4.74 Å². The Morgan fingerprint density at radius 2 is 1.61 bits per heavy atom. The molecule has 1 unspecified atom stereocenters. The van der Waals surface area contributed by atoms with Crippen LogP contribution in [0.1, 0.15) is 57.9 Å². The number of rotatable bonds is 15. The molecule has 0 N–H and O–H groups in total. The predicted molar refractivity (Wildman–Crippen MR) is 151 cm³/mol. The summed E-state index contributed by atoms with van der Waals surface area (Å²) in [7, 11) is 0. The smallest absolute Gasteiger partial charge is 0.131 e. The topological polar surface area (TPSA) is 18.5 Å². The lowest BCUT2D eigenvalue weighted by atomic mass is 9.98. The van der Waals surface area contributed by atoms with Crippen molar-refractivity contribution in [1.29, 1.82) is 0 Å². The van der Waals surface area contributed by atoms with E-state index in [9.17, 15) is 4.39 Å². The SMILES string of the molecule is C=CCOc1ccc(-c2ccc(-c3ccc(/C=C/CCCC(C)OCCCCC)cc3)c(F)c2)cc1. The van der Waals surface area contributed by atoms with Gasteiger partial charge < -0.3 is 9.47 Å². The van der Waals surface area contributed by atoms with Crippen LogP contribution in [0.5, 0.6) is 5.75 Å². The van der Waals surface area contributed by atoms with Gasteiger partial charge in [-0.05, 0) is 73.1 Å². The van der Waals surface area contributed by atoms with Crippen LogP contribution in [-0.2, 0) is 4.74 Å². The van der Waals surface area contributed by atoms with E-state index < -0.39 is 0 Å². The summed E-state index contributed by atoms with van der Waals surface area (Å²) in [5.41, 5.74) is 4.39. The second-order valence-corrected chi connectivity index (χ2v) is 9.16. The van der Waals surface area contributed by atoms with Gasteiger partial charge in [-0.25, -0.2) is 4.39 Å². The van der Waals surface area contributed by atoms with Crippen molar-refractivity contribution >= 4 is 6.08 Å². The largest absolute Gasteiger partial charge is 0.490 e. The molecule has 3 aromatic carbocycles. The summed E-state index contributed by atoms with van der Waals surface area (Å²) in [6, 6.07) is 21.1. The maximum atomic E-state index is 15.0. The molecule has 36 heavy (non-hydrogen) atoms. The predicted octanol–water partition coefficient (Wildman–Crippen LogP) is 9.50. The van der Waals surface area contributed by atoms with Crippen LogP contribution in [-0.4, -0.2) is 19.3 Å². The fraction of sp³-hybridized carbons (Fsp3) is 0.333. The molecule has 0 bridgehead atoms. The van der Waals surface area contributed by atoms with Crippen LogP contribution in [0.25, 0.3) is 28.3 Å². The maximum absolute atomic E-state index is 15.0. The van der Waals surface area contributed by atoms with Gasteiger partial charge in [0.25, 0.3) is 0 Å². The summed E-state index contributed by atoms with van der Waals surface area (Å²) in [5, 5.41) is 0. The van der Waals surface area contributed by atoms with Gasteiger partial charge in [-0.2, -0.15) is 0 Å². The van der Waals surface area contributed by atoms with E-state index in [-0.39, 0.29) is 5.82 Å². The van der Waals surface area contributed by atoms with E-state index in [2.05, 4.69) is 32.6 Å². The molecule has 0 aliphatic carbocycles. The first-order valence-electron chi connectivity index (χ1n) is 13.1. The van der Waals surface area contributed by atoms with E-state index in [0.29, 0.717) is 18.3 Å². The molecule has 2 nitrogen and oxygen atoms in total. The zero-order chi connectivity index (χ0) is 25.6. The van der Waals surface area contributed by atoms with Gasteiger partial charge >= 0.3 is 0 Å². The lowest BCUT2D eigenvalue weighted by Crippen LogP contribution is -2.08. The van der Waals surface area contributed by atoms with E-state index in [1.807, 2.05) is 60.7 Å². The van der Waals surface area contributed by atoms with Gasteiger partial charge in [-0.15, -0.1) is 0 Å². The van der Waals surface area contributed by atoms with Crippen molar-refractivity contribution in [3.63, 3.8) is 0 Å². The third-order valence-corrected chi connectivity index (χ3v) is 6.19. The molecule has 3 heteroatoms. The molecule has 0 aliphatic heterocycles. The Bertz CT molecular complexity index is 1080. The summed E-state index contributed by atoms with van der Waals surface area (Å²) >= 11 is 0. The molecule has 0 aliphatic rings. The van der Waals surface area contributed by atoms with Gasteiger partial charge in [0, 0.05) is 12.2 Å². The Balaban J connectivity index is 1.51. The van der Waals surface area contributed by atoms with Gasteiger partial charge in [-0.1, -0.05) is 93.1 Å². The van der Waals surface area contributed by atoms with E-state index in [1.165, 1.54) is 12.8 Å². The number of allylic oxidation sites excluding steroid dienone is 1. The number of hydrogen-bond acceptors (Lipinski definition) is 2.